The van der Waals surface area contributed by atoms with E-state index in [4.69, 9.17) is 18.9 Å². The maximum Gasteiger partial charge on any atom is 0.308 e. The molecular weight excluding hydrogens is 572 g/mol. The van der Waals surface area contributed by atoms with Crippen molar-refractivity contribution in [3.63, 3.8) is 0 Å². The second kappa shape index (κ2) is 15.1. The highest BCUT2D eigenvalue weighted by Crippen LogP contribution is 2.34. The average Bonchev–Trinajstić information content (AvgIpc) is 2.92. The Labute approximate surface area is 256 Å². The monoisotopic (exact) mass is 610 g/mol. The molecule has 3 rings (SSSR count). The zero-order valence-corrected chi connectivity index (χ0v) is 25.8. The van der Waals surface area contributed by atoms with Crippen LogP contribution >= 0.6 is 0 Å². The Kier molecular flexibility index (Phi) is 11.6. The molecule has 12 heteroatoms. The van der Waals surface area contributed by atoms with Gasteiger partial charge in [-0.3, -0.25) is 28.8 Å². The van der Waals surface area contributed by atoms with Crippen molar-refractivity contribution < 1.29 is 47.7 Å². The van der Waals surface area contributed by atoms with Gasteiger partial charge in [0.15, 0.2) is 23.0 Å². The van der Waals surface area contributed by atoms with E-state index in [1.807, 2.05) is 0 Å². The third-order valence-electron chi connectivity index (χ3n) is 7.09. The third-order valence-corrected chi connectivity index (χ3v) is 7.09. The minimum absolute atomic E-state index is 0.0820. The lowest BCUT2D eigenvalue weighted by atomic mass is 9.88. The molecule has 1 aliphatic rings. The summed E-state index contributed by atoms with van der Waals surface area (Å²) in [6, 6.07) is 9.47. The minimum Gasteiger partial charge on any atom is -0.423 e. The van der Waals surface area contributed by atoms with Crippen LogP contribution in [0.15, 0.2) is 36.4 Å². The number of hydrogen-bond acceptors (Lipinski definition) is 10. The maximum atomic E-state index is 12.7. The molecule has 0 spiro atoms. The highest BCUT2D eigenvalue weighted by molar-refractivity contribution is 5.76. The summed E-state index contributed by atoms with van der Waals surface area (Å²) in [6.07, 6.45) is 2.61. The molecule has 0 radical (unpaired) electrons. The van der Waals surface area contributed by atoms with Gasteiger partial charge in [-0.15, -0.1) is 0 Å². The molecule has 0 aromatic heterocycles. The zero-order valence-electron chi connectivity index (χ0n) is 25.8. The van der Waals surface area contributed by atoms with Gasteiger partial charge in [-0.25, -0.2) is 0 Å². The molecule has 2 aromatic carbocycles. The Balaban J connectivity index is 1.73. The van der Waals surface area contributed by atoms with Crippen LogP contribution < -0.4 is 18.9 Å². The summed E-state index contributed by atoms with van der Waals surface area (Å²) in [7, 11) is 0. The third kappa shape index (κ3) is 9.65. The lowest BCUT2D eigenvalue weighted by molar-refractivity contribution is -0.136. The van der Waals surface area contributed by atoms with E-state index < -0.39 is 23.9 Å². The highest BCUT2D eigenvalue weighted by Gasteiger charge is 2.32. The van der Waals surface area contributed by atoms with Crippen LogP contribution in [0.2, 0.25) is 0 Å². The molecular formula is C32H38N2O10. The summed E-state index contributed by atoms with van der Waals surface area (Å²) in [4.78, 5) is 75.1. The second-order valence-electron chi connectivity index (χ2n) is 10.7. The van der Waals surface area contributed by atoms with Gasteiger partial charge in [0.25, 0.3) is 0 Å². The van der Waals surface area contributed by atoms with Crippen molar-refractivity contribution in [2.45, 2.75) is 92.4 Å². The number of amides is 2. The molecule has 0 heterocycles. The van der Waals surface area contributed by atoms with Gasteiger partial charge in [0.1, 0.15) is 0 Å². The molecule has 236 valence electrons. The van der Waals surface area contributed by atoms with Crippen LogP contribution in [-0.2, 0) is 41.9 Å². The van der Waals surface area contributed by atoms with Crippen molar-refractivity contribution in [3.8, 4) is 23.0 Å². The first-order valence-electron chi connectivity index (χ1n) is 14.3. The van der Waals surface area contributed by atoms with E-state index in [-0.39, 0.29) is 60.0 Å². The van der Waals surface area contributed by atoms with Crippen molar-refractivity contribution in [2.24, 2.45) is 0 Å². The smallest absolute Gasteiger partial charge is 0.308 e. The van der Waals surface area contributed by atoms with Gasteiger partial charge in [0.2, 0.25) is 11.8 Å². The topological polar surface area (TPSA) is 146 Å². The summed E-state index contributed by atoms with van der Waals surface area (Å²) < 4.78 is 20.7. The fourth-order valence-electron chi connectivity index (χ4n) is 5.32. The Bertz CT molecular complexity index is 1320. The first kappa shape index (κ1) is 33.8. The number of benzene rings is 2. The van der Waals surface area contributed by atoms with Crippen LogP contribution in [-0.4, -0.2) is 57.6 Å². The number of ether oxygens (including phenoxy) is 4. The van der Waals surface area contributed by atoms with Crippen molar-refractivity contribution >= 4 is 35.7 Å². The van der Waals surface area contributed by atoms with Crippen molar-refractivity contribution in [2.75, 3.05) is 0 Å². The highest BCUT2D eigenvalue weighted by atomic mass is 16.6. The fraction of sp³-hybridized carbons (Fsp3) is 0.438. The quantitative estimate of drug-likeness (QED) is 0.285. The molecule has 12 nitrogen and oxygen atoms in total. The molecule has 0 N–H and O–H groups in total. The maximum absolute atomic E-state index is 12.7. The number of carbonyl (C=O) groups excluding carboxylic acids is 6. The van der Waals surface area contributed by atoms with Gasteiger partial charge in [-0.2, -0.15) is 0 Å². The average molecular weight is 611 g/mol. The van der Waals surface area contributed by atoms with E-state index in [1.54, 1.807) is 34.1 Å². The normalized spacial score (nSPS) is 15.9. The number of esters is 4. The Morgan fingerprint density at radius 1 is 0.523 bits per heavy atom. The molecule has 0 bridgehead atoms. The van der Waals surface area contributed by atoms with Crippen LogP contribution in [0, 0.1) is 0 Å². The first-order valence-corrected chi connectivity index (χ1v) is 14.3. The van der Waals surface area contributed by atoms with Gasteiger partial charge in [0, 0.05) is 66.7 Å². The summed E-state index contributed by atoms with van der Waals surface area (Å²) in [5.41, 5.74) is 1.39. The minimum atomic E-state index is -0.574. The Morgan fingerprint density at radius 3 is 1.09 bits per heavy atom. The van der Waals surface area contributed by atoms with Gasteiger partial charge in [-0.05, 0) is 61.1 Å². The molecule has 1 fully saturated rings. The molecule has 0 saturated heterocycles. The standard InChI is InChI=1S/C32H38N2O10/c1-19(35)33(17-25-7-13-29(41-21(3)37)31(15-25)43-23(5)39)27-9-11-28(12-10-27)34(20(2)36)18-26-8-14-30(42-22(4)38)32(16-26)44-24(6)40/h7-8,13-16,27-28H,9-12,17-18H2,1-6H3/t27-,28-. The second-order valence-corrected chi connectivity index (χ2v) is 10.7. The number of hydrogen-bond donors (Lipinski definition) is 0. The van der Waals surface area contributed by atoms with Gasteiger partial charge < -0.3 is 28.7 Å². The number of carbonyl (C=O) groups is 6. The van der Waals surface area contributed by atoms with E-state index in [2.05, 4.69) is 0 Å². The molecule has 0 atom stereocenters. The summed E-state index contributed by atoms with van der Waals surface area (Å²) in [6.45, 7) is 8.47. The molecule has 2 amide bonds. The molecule has 0 aliphatic heterocycles. The van der Waals surface area contributed by atoms with Crippen LogP contribution in [0.1, 0.15) is 78.4 Å². The SMILES string of the molecule is CC(=O)Oc1ccc(CN(C(C)=O)[C@H]2CC[C@H](N(Cc3ccc(OC(C)=O)c(OC(C)=O)c3)C(C)=O)CC2)cc1OC(C)=O. The van der Waals surface area contributed by atoms with Crippen LogP contribution in [0.25, 0.3) is 0 Å². The summed E-state index contributed by atoms with van der Waals surface area (Å²) in [5, 5.41) is 0. The van der Waals surface area contributed by atoms with Gasteiger partial charge in [-0.1, -0.05) is 12.1 Å². The molecule has 2 aromatic rings. The molecule has 1 aliphatic carbocycles. The Hall–Kier alpha value is -4.74. The van der Waals surface area contributed by atoms with E-state index >= 15 is 0 Å². The molecule has 0 unspecified atom stereocenters. The number of nitrogens with zero attached hydrogens (tertiary/aromatic N) is 2. The fourth-order valence-corrected chi connectivity index (χ4v) is 5.32. The Morgan fingerprint density at radius 2 is 0.818 bits per heavy atom. The van der Waals surface area contributed by atoms with Crippen molar-refractivity contribution in [1.82, 2.24) is 9.80 Å². The van der Waals surface area contributed by atoms with Crippen molar-refractivity contribution in [1.29, 1.82) is 0 Å². The predicted octanol–water partition coefficient (Wildman–Crippen LogP) is 4.10. The summed E-state index contributed by atoms with van der Waals surface area (Å²) >= 11 is 0. The zero-order chi connectivity index (χ0) is 32.6. The first-order chi connectivity index (χ1) is 20.7. The number of rotatable bonds is 10. The largest absolute Gasteiger partial charge is 0.423 e. The summed E-state index contributed by atoms with van der Waals surface area (Å²) in [5.74, 6) is -2.12. The van der Waals surface area contributed by atoms with Crippen LogP contribution in [0.5, 0.6) is 23.0 Å². The van der Waals surface area contributed by atoms with E-state index in [0.717, 1.165) is 0 Å². The van der Waals surface area contributed by atoms with Gasteiger partial charge in [0.05, 0.1) is 0 Å². The lowest BCUT2D eigenvalue weighted by Crippen LogP contribution is -2.46. The van der Waals surface area contributed by atoms with Crippen molar-refractivity contribution in [3.05, 3.63) is 47.5 Å². The van der Waals surface area contributed by atoms with Crippen LogP contribution in [0.3, 0.4) is 0 Å². The van der Waals surface area contributed by atoms with E-state index in [9.17, 15) is 28.8 Å². The molecule has 44 heavy (non-hydrogen) atoms. The predicted molar refractivity (Wildman–Crippen MR) is 157 cm³/mol. The lowest BCUT2D eigenvalue weighted by Gasteiger charge is -2.40. The van der Waals surface area contributed by atoms with E-state index in [0.29, 0.717) is 36.8 Å². The van der Waals surface area contributed by atoms with E-state index in [1.165, 1.54) is 53.7 Å². The molecule has 1 saturated carbocycles. The van der Waals surface area contributed by atoms with Gasteiger partial charge >= 0.3 is 23.9 Å². The van der Waals surface area contributed by atoms with Crippen LogP contribution in [0.4, 0.5) is 0 Å².